The van der Waals surface area contributed by atoms with Gasteiger partial charge in [0.05, 0.1) is 23.0 Å². The third-order valence-corrected chi connectivity index (χ3v) is 3.18. The molecule has 5 heteroatoms. The van der Waals surface area contributed by atoms with Gasteiger partial charge in [-0.25, -0.2) is 9.48 Å². The molecule has 0 unspecified atom stereocenters. The number of carboxylic acids is 1. The number of nitrogens with zero attached hydrogens (tertiary/aromatic N) is 1. The van der Waals surface area contributed by atoms with Gasteiger partial charge in [-0.1, -0.05) is 30.3 Å². The summed E-state index contributed by atoms with van der Waals surface area (Å²) < 4.78 is 1.48. The van der Waals surface area contributed by atoms with Gasteiger partial charge in [0.1, 0.15) is 0 Å². The lowest BCUT2D eigenvalue weighted by atomic mass is 10.1. The van der Waals surface area contributed by atoms with Crippen LogP contribution in [-0.4, -0.2) is 20.9 Å². The fourth-order valence-corrected chi connectivity index (χ4v) is 2.17. The number of rotatable bonds is 3. The number of hydrogen-bond acceptors (Lipinski definition) is 2. The molecule has 0 radical (unpaired) electrons. The van der Waals surface area contributed by atoms with Gasteiger partial charge in [-0.05, 0) is 23.8 Å². The molecule has 0 saturated carbocycles. The summed E-state index contributed by atoms with van der Waals surface area (Å²) in [5, 5.41) is 12.3. The lowest BCUT2D eigenvalue weighted by Crippen LogP contribution is -2.17. The van der Waals surface area contributed by atoms with Gasteiger partial charge < -0.3 is 5.11 Å². The van der Waals surface area contributed by atoms with Crippen molar-refractivity contribution in [3.05, 3.63) is 70.0 Å². The van der Waals surface area contributed by atoms with E-state index in [1.54, 1.807) is 6.07 Å². The van der Waals surface area contributed by atoms with Crippen molar-refractivity contribution in [3.8, 4) is 0 Å². The van der Waals surface area contributed by atoms with Crippen molar-refractivity contribution in [2.75, 3.05) is 0 Å². The van der Waals surface area contributed by atoms with Gasteiger partial charge in [-0.3, -0.25) is 9.89 Å². The third-order valence-electron chi connectivity index (χ3n) is 3.18. The van der Waals surface area contributed by atoms with Gasteiger partial charge >= 0.3 is 5.97 Å². The van der Waals surface area contributed by atoms with Crippen LogP contribution in [-0.2, 0) is 6.54 Å². The molecule has 3 aromatic rings. The Morgan fingerprint density at radius 1 is 1.15 bits per heavy atom. The van der Waals surface area contributed by atoms with Crippen molar-refractivity contribution < 1.29 is 9.90 Å². The number of aromatic carboxylic acids is 1. The van der Waals surface area contributed by atoms with Crippen LogP contribution in [0.3, 0.4) is 0 Å². The number of H-pyrrole nitrogens is 1. The number of aromatic amines is 1. The third kappa shape index (κ3) is 2.09. The molecule has 5 nitrogen and oxygen atoms in total. The number of aromatic nitrogens is 2. The van der Waals surface area contributed by atoms with Crippen LogP contribution in [0.25, 0.3) is 10.9 Å². The Bertz CT molecular complexity index is 831. The molecule has 0 atom stereocenters. The summed E-state index contributed by atoms with van der Waals surface area (Å²) in [6.45, 7) is 0.427. The van der Waals surface area contributed by atoms with Crippen molar-refractivity contribution in [1.82, 2.24) is 9.78 Å². The van der Waals surface area contributed by atoms with Crippen LogP contribution in [0.2, 0.25) is 0 Å². The van der Waals surface area contributed by atoms with E-state index in [1.807, 2.05) is 30.3 Å². The van der Waals surface area contributed by atoms with Gasteiger partial charge in [0, 0.05) is 0 Å². The fraction of sp³-hybridized carbons (Fsp3) is 0.0667. The summed E-state index contributed by atoms with van der Waals surface area (Å²) >= 11 is 0. The minimum atomic E-state index is -1.04. The smallest absolute Gasteiger partial charge is 0.335 e. The molecule has 0 aliphatic heterocycles. The van der Waals surface area contributed by atoms with Crippen LogP contribution in [0.15, 0.2) is 53.3 Å². The average Bonchev–Trinajstić information content (AvgIpc) is 2.76. The average molecular weight is 268 g/mol. The van der Waals surface area contributed by atoms with E-state index in [0.29, 0.717) is 17.4 Å². The summed E-state index contributed by atoms with van der Waals surface area (Å²) in [7, 11) is 0. The molecule has 0 bridgehead atoms. The number of benzene rings is 2. The lowest BCUT2D eigenvalue weighted by Gasteiger charge is -2.00. The maximum atomic E-state index is 12.2. The SMILES string of the molecule is O=C(O)c1ccc2[nH]n(Cc3ccccc3)c(=O)c2c1. The summed E-state index contributed by atoms with van der Waals surface area (Å²) in [4.78, 5) is 23.2. The number of carbonyl (C=O) groups is 1. The Morgan fingerprint density at radius 2 is 1.90 bits per heavy atom. The van der Waals surface area contributed by atoms with Crippen LogP contribution >= 0.6 is 0 Å². The summed E-state index contributed by atoms with van der Waals surface area (Å²) in [6, 6.07) is 14.1. The summed E-state index contributed by atoms with van der Waals surface area (Å²) in [5.41, 5.74) is 1.53. The molecular weight excluding hydrogens is 256 g/mol. The fourth-order valence-electron chi connectivity index (χ4n) is 2.17. The van der Waals surface area contributed by atoms with E-state index in [9.17, 15) is 9.59 Å². The van der Waals surface area contributed by atoms with Crippen molar-refractivity contribution in [2.24, 2.45) is 0 Å². The maximum absolute atomic E-state index is 12.2. The van der Waals surface area contributed by atoms with Crippen LogP contribution in [0.1, 0.15) is 15.9 Å². The second kappa shape index (κ2) is 4.70. The Balaban J connectivity index is 2.07. The predicted octanol–water partition coefficient (Wildman–Crippen LogP) is 2.08. The van der Waals surface area contributed by atoms with Crippen LogP contribution in [0.5, 0.6) is 0 Å². The minimum Gasteiger partial charge on any atom is -0.478 e. The Labute approximate surface area is 114 Å². The van der Waals surface area contributed by atoms with Crippen molar-refractivity contribution >= 4 is 16.9 Å². The zero-order chi connectivity index (χ0) is 14.1. The molecule has 3 rings (SSSR count). The Hall–Kier alpha value is -2.82. The summed E-state index contributed by atoms with van der Waals surface area (Å²) in [6.07, 6.45) is 0. The van der Waals surface area contributed by atoms with Crippen LogP contribution in [0.4, 0.5) is 0 Å². The molecule has 100 valence electrons. The lowest BCUT2D eigenvalue weighted by molar-refractivity contribution is 0.0697. The van der Waals surface area contributed by atoms with Crippen LogP contribution < -0.4 is 5.56 Å². The molecule has 0 amide bonds. The first-order valence-electron chi connectivity index (χ1n) is 6.15. The number of nitrogens with one attached hydrogen (secondary N) is 1. The highest BCUT2D eigenvalue weighted by atomic mass is 16.4. The summed E-state index contributed by atoms with van der Waals surface area (Å²) in [5.74, 6) is -1.04. The Kier molecular flexibility index (Phi) is 2.87. The van der Waals surface area contributed by atoms with Crippen molar-refractivity contribution in [1.29, 1.82) is 0 Å². The molecule has 1 heterocycles. The molecule has 0 aliphatic rings. The van der Waals surface area contributed by atoms with E-state index < -0.39 is 5.97 Å². The molecule has 2 N–H and O–H groups in total. The molecule has 1 aromatic heterocycles. The van der Waals surface area contributed by atoms with Crippen LogP contribution in [0, 0.1) is 0 Å². The number of fused-ring (bicyclic) bond motifs is 1. The van der Waals surface area contributed by atoms with E-state index in [0.717, 1.165) is 5.56 Å². The van der Waals surface area contributed by atoms with E-state index in [1.165, 1.54) is 16.8 Å². The first-order valence-corrected chi connectivity index (χ1v) is 6.15. The normalized spacial score (nSPS) is 10.8. The predicted molar refractivity (Wildman–Crippen MR) is 75.1 cm³/mol. The van der Waals surface area contributed by atoms with Gasteiger partial charge in [0.25, 0.3) is 5.56 Å². The van der Waals surface area contributed by atoms with Gasteiger partial charge in [0.2, 0.25) is 0 Å². The van der Waals surface area contributed by atoms with E-state index in [2.05, 4.69) is 5.10 Å². The number of carboxylic acid groups (broad SMARTS) is 1. The maximum Gasteiger partial charge on any atom is 0.335 e. The largest absolute Gasteiger partial charge is 0.478 e. The van der Waals surface area contributed by atoms with Gasteiger partial charge in [0.15, 0.2) is 0 Å². The second-order valence-corrected chi connectivity index (χ2v) is 4.55. The topological polar surface area (TPSA) is 75.1 Å². The van der Waals surface area contributed by atoms with E-state index in [4.69, 9.17) is 5.11 Å². The van der Waals surface area contributed by atoms with Gasteiger partial charge in [-0.2, -0.15) is 0 Å². The molecule has 20 heavy (non-hydrogen) atoms. The monoisotopic (exact) mass is 268 g/mol. The highest BCUT2D eigenvalue weighted by Gasteiger charge is 2.10. The molecular formula is C15H12N2O3. The molecule has 0 fully saturated rings. The number of hydrogen-bond donors (Lipinski definition) is 2. The second-order valence-electron chi connectivity index (χ2n) is 4.55. The highest BCUT2D eigenvalue weighted by molar-refractivity contribution is 5.93. The molecule has 2 aromatic carbocycles. The van der Waals surface area contributed by atoms with Crippen molar-refractivity contribution in [2.45, 2.75) is 6.54 Å². The molecule has 0 saturated heterocycles. The van der Waals surface area contributed by atoms with Crippen molar-refractivity contribution in [3.63, 3.8) is 0 Å². The van der Waals surface area contributed by atoms with Gasteiger partial charge in [-0.15, -0.1) is 0 Å². The van der Waals surface area contributed by atoms with E-state index in [-0.39, 0.29) is 11.1 Å². The minimum absolute atomic E-state index is 0.112. The molecule has 0 spiro atoms. The first-order chi connectivity index (χ1) is 9.65. The molecule has 0 aliphatic carbocycles. The zero-order valence-electron chi connectivity index (χ0n) is 10.5. The first kappa shape index (κ1) is 12.2. The standard InChI is InChI=1S/C15H12N2O3/c18-14-12-8-11(15(19)20)6-7-13(12)16-17(14)9-10-4-2-1-3-5-10/h1-8,16H,9H2,(H,19,20). The van der Waals surface area contributed by atoms with E-state index >= 15 is 0 Å². The quantitative estimate of drug-likeness (QED) is 0.763. The zero-order valence-corrected chi connectivity index (χ0v) is 10.5. The Morgan fingerprint density at radius 3 is 2.60 bits per heavy atom. The highest BCUT2D eigenvalue weighted by Crippen LogP contribution is 2.11.